The first kappa shape index (κ1) is 21.7. The Hall–Kier alpha value is -3.03. The van der Waals surface area contributed by atoms with Gasteiger partial charge in [-0.1, -0.05) is 54.6 Å². The third-order valence-electron chi connectivity index (χ3n) is 4.77. The lowest BCUT2D eigenvalue weighted by molar-refractivity contribution is 0.0939. The topological polar surface area (TPSA) is 75.3 Å². The Kier molecular flexibility index (Phi) is 6.64. The van der Waals surface area contributed by atoms with Gasteiger partial charge in [0.1, 0.15) is 5.82 Å². The molecule has 30 heavy (non-hydrogen) atoms. The van der Waals surface area contributed by atoms with E-state index in [1.54, 1.807) is 44.2 Å². The molecule has 5 nitrogen and oxygen atoms in total. The second-order valence-corrected chi connectivity index (χ2v) is 8.74. The molecule has 3 aromatic rings. The number of carbonyl (C=O) groups excluding carboxylic acids is 1. The first-order chi connectivity index (χ1) is 14.3. The second kappa shape index (κ2) is 9.19. The zero-order valence-electron chi connectivity index (χ0n) is 16.7. The van der Waals surface area contributed by atoms with Gasteiger partial charge in [0.15, 0.2) is 0 Å². The van der Waals surface area contributed by atoms with E-state index in [1.807, 2.05) is 30.3 Å². The van der Waals surface area contributed by atoms with Crippen LogP contribution in [0.15, 0.2) is 77.7 Å². The van der Waals surface area contributed by atoms with Crippen LogP contribution in [0.5, 0.6) is 0 Å². The maximum atomic E-state index is 14.0. The molecule has 0 spiro atoms. The van der Waals surface area contributed by atoms with E-state index in [9.17, 15) is 17.6 Å². The number of aryl methyl sites for hydroxylation is 1. The molecule has 3 rings (SSSR count). The van der Waals surface area contributed by atoms with Crippen LogP contribution in [0, 0.1) is 12.7 Å². The average Bonchev–Trinajstić information content (AvgIpc) is 2.73. The number of amides is 1. The average molecular weight is 427 g/mol. The van der Waals surface area contributed by atoms with Crippen molar-refractivity contribution in [1.29, 1.82) is 0 Å². The van der Waals surface area contributed by atoms with Crippen molar-refractivity contribution >= 4 is 15.9 Å². The maximum absolute atomic E-state index is 14.0. The summed E-state index contributed by atoms with van der Waals surface area (Å²) in [6.07, 6.45) is 0. The SMILES string of the molecule is Cc1ccc(C(=O)NC(C)c2ccccc2F)cc1S(=O)(=O)NCc1ccccc1. The first-order valence-corrected chi connectivity index (χ1v) is 11.0. The van der Waals surface area contributed by atoms with Gasteiger partial charge in [-0.2, -0.15) is 0 Å². The zero-order valence-corrected chi connectivity index (χ0v) is 17.5. The molecule has 0 aromatic heterocycles. The van der Waals surface area contributed by atoms with Crippen LogP contribution in [0.1, 0.15) is 40.0 Å². The molecule has 156 valence electrons. The van der Waals surface area contributed by atoms with Gasteiger partial charge < -0.3 is 5.32 Å². The van der Waals surface area contributed by atoms with Crippen molar-refractivity contribution < 1.29 is 17.6 Å². The predicted molar refractivity (Wildman–Crippen MR) is 114 cm³/mol. The van der Waals surface area contributed by atoms with Gasteiger partial charge in [0.05, 0.1) is 10.9 Å². The van der Waals surface area contributed by atoms with Gasteiger partial charge in [0, 0.05) is 17.7 Å². The summed E-state index contributed by atoms with van der Waals surface area (Å²) in [5.74, 6) is -0.896. The van der Waals surface area contributed by atoms with Crippen LogP contribution < -0.4 is 10.0 Å². The van der Waals surface area contributed by atoms with E-state index in [-0.39, 0.29) is 17.0 Å². The minimum atomic E-state index is -3.82. The molecule has 7 heteroatoms. The molecule has 0 fully saturated rings. The van der Waals surface area contributed by atoms with E-state index >= 15 is 0 Å². The number of halogens is 1. The fourth-order valence-electron chi connectivity index (χ4n) is 3.07. The molecule has 0 saturated heterocycles. The van der Waals surface area contributed by atoms with Gasteiger partial charge in [-0.25, -0.2) is 17.5 Å². The van der Waals surface area contributed by atoms with Gasteiger partial charge >= 0.3 is 0 Å². The fourth-order valence-corrected chi connectivity index (χ4v) is 4.35. The minimum Gasteiger partial charge on any atom is -0.345 e. The van der Waals surface area contributed by atoms with Crippen molar-refractivity contribution in [2.24, 2.45) is 0 Å². The molecule has 1 unspecified atom stereocenters. The number of benzene rings is 3. The van der Waals surface area contributed by atoms with Crippen LogP contribution in [0.25, 0.3) is 0 Å². The Morgan fingerprint density at radius 2 is 1.67 bits per heavy atom. The van der Waals surface area contributed by atoms with Crippen molar-refractivity contribution in [2.75, 3.05) is 0 Å². The van der Waals surface area contributed by atoms with E-state index in [4.69, 9.17) is 0 Å². The predicted octanol–water partition coefficient (Wildman–Crippen LogP) is 4.10. The molecule has 2 N–H and O–H groups in total. The van der Waals surface area contributed by atoms with Gasteiger partial charge in [0.25, 0.3) is 5.91 Å². The highest BCUT2D eigenvalue weighted by Crippen LogP contribution is 2.20. The van der Waals surface area contributed by atoms with Crippen molar-refractivity contribution in [1.82, 2.24) is 10.0 Å². The number of carbonyl (C=O) groups is 1. The van der Waals surface area contributed by atoms with E-state index in [2.05, 4.69) is 10.0 Å². The van der Waals surface area contributed by atoms with Crippen molar-refractivity contribution in [3.8, 4) is 0 Å². The smallest absolute Gasteiger partial charge is 0.251 e. The third kappa shape index (κ3) is 5.11. The Balaban J connectivity index is 1.78. The highest BCUT2D eigenvalue weighted by molar-refractivity contribution is 7.89. The van der Waals surface area contributed by atoms with Gasteiger partial charge in [-0.05, 0) is 43.2 Å². The zero-order chi connectivity index (χ0) is 21.7. The standard InChI is InChI=1S/C23H23FN2O3S/c1-16-12-13-19(23(27)26-17(2)20-10-6-7-11-21(20)24)14-22(16)30(28,29)25-15-18-8-4-3-5-9-18/h3-14,17,25H,15H2,1-2H3,(H,26,27). The third-order valence-corrected chi connectivity index (χ3v) is 6.31. The number of hydrogen-bond acceptors (Lipinski definition) is 3. The van der Waals surface area contributed by atoms with Gasteiger partial charge in [0.2, 0.25) is 10.0 Å². The molecule has 1 atom stereocenters. The molecule has 0 aliphatic rings. The summed E-state index contributed by atoms with van der Waals surface area (Å²) in [5.41, 5.74) is 1.89. The van der Waals surface area contributed by atoms with E-state index in [1.165, 1.54) is 12.1 Å². The first-order valence-electron chi connectivity index (χ1n) is 9.47. The van der Waals surface area contributed by atoms with E-state index in [0.29, 0.717) is 11.1 Å². The molecule has 0 radical (unpaired) electrons. The molecular formula is C23H23FN2O3S. The summed E-state index contributed by atoms with van der Waals surface area (Å²) in [5, 5.41) is 2.72. The molecule has 0 aliphatic heterocycles. The highest BCUT2D eigenvalue weighted by Gasteiger charge is 2.20. The van der Waals surface area contributed by atoms with Crippen LogP contribution in [0.4, 0.5) is 4.39 Å². The molecule has 0 aliphatic carbocycles. The van der Waals surface area contributed by atoms with Crippen molar-refractivity contribution in [3.63, 3.8) is 0 Å². The van der Waals surface area contributed by atoms with Crippen LogP contribution in [0.2, 0.25) is 0 Å². The Bertz CT molecular complexity index is 1150. The number of nitrogens with one attached hydrogen (secondary N) is 2. The molecule has 0 bridgehead atoms. The maximum Gasteiger partial charge on any atom is 0.251 e. The molecule has 1 amide bonds. The van der Waals surface area contributed by atoms with Gasteiger partial charge in [-0.15, -0.1) is 0 Å². The quantitative estimate of drug-likeness (QED) is 0.597. The van der Waals surface area contributed by atoms with Crippen molar-refractivity contribution in [2.45, 2.75) is 31.3 Å². The fraction of sp³-hybridized carbons (Fsp3) is 0.174. The van der Waals surface area contributed by atoms with Crippen LogP contribution in [0.3, 0.4) is 0 Å². The summed E-state index contributed by atoms with van der Waals surface area (Å²) in [6, 6.07) is 19.2. The van der Waals surface area contributed by atoms with Crippen LogP contribution >= 0.6 is 0 Å². The van der Waals surface area contributed by atoms with Crippen molar-refractivity contribution in [3.05, 3.63) is 101 Å². The number of hydrogen-bond donors (Lipinski definition) is 2. The molecular weight excluding hydrogens is 403 g/mol. The van der Waals surface area contributed by atoms with E-state index < -0.39 is 27.8 Å². The lowest BCUT2D eigenvalue weighted by Crippen LogP contribution is -2.28. The summed E-state index contributed by atoms with van der Waals surface area (Å²) in [4.78, 5) is 12.7. The number of rotatable bonds is 7. The van der Waals surface area contributed by atoms with Crippen LogP contribution in [-0.2, 0) is 16.6 Å². The highest BCUT2D eigenvalue weighted by atomic mass is 32.2. The monoisotopic (exact) mass is 426 g/mol. The van der Waals surface area contributed by atoms with Gasteiger partial charge in [-0.3, -0.25) is 4.79 Å². The Morgan fingerprint density at radius 1 is 1.00 bits per heavy atom. The number of sulfonamides is 1. The Morgan fingerprint density at radius 3 is 2.37 bits per heavy atom. The summed E-state index contributed by atoms with van der Waals surface area (Å²) >= 11 is 0. The van der Waals surface area contributed by atoms with Crippen LogP contribution in [-0.4, -0.2) is 14.3 Å². The lowest BCUT2D eigenvalue weighted by atomic mass is 10.1. The largest absolute Gasteiger partial charge is 0.345 e. The lowest BCUT2D eigenvalue weighted by Gasteiger charge is -2.16. The molecule has 0 saturated carbocycles. The molecule has 3 aromatic carbocycles. The summed E-state index contributed by atoms with van der Waals surface area (Å²) in [7, 11) is -3.82. The minimum absolute atomic E-state index is 0.0321. The summed E-state index contributed by atoms with van der Waals surface area (Å²) < 4.78 is 42.1. The van der Waals surface area contributed by atoms with E-state index in [0.717, 1.165) is 5.56 Å². The second-order valence-electron chi connectivity index (χ2n) is 7.01. The molecule has 0 heterocycles. The Labute approximate surface area is 176 Å². The normalized spacial score (nSPS) is 12.4. The summed E-state index contributed by atoms with van der Waals surface area (Å²) in [6.45, 7) is 3.48.